The molecule has 9 heteroatoms. The summed E-state index contributed by atoms with van der Waals surface area (Å²) in [7, 11) is 0. The van der Waals surface area contributed by atoms with E-state index in [-0.39, 0.29) is 23.8 Å². The van der Waals surface area contributed by atoms with Crippen LogP contribution < -0.4 is 10.1 Å². The van der Waals surface area contributed by atoms with Gasteiger partial charge in [0, 0.05) is 18.8 Å². The maximum absolute atomic E-state index is 13.9. The van der Waals surface area contributed by atoms with E-state index in [9.17, 15) is 27.2 Å². The molecule has 1 unspecified atom stereocenters. The summed E-state index contributed by atoms with van der Waals surface area (Å²) in [4.78, 5) is 27.6. The predicted molar refractivity (Wildman–Crippen MR) is 128 cm³/mol. The van der Waals surface area contributed by atoms with Gasteiger partial charge < -0.3 is 15.0 Å². The van der Waals surface area contributed by atoms with Crippen LogP contribution in [0.25, 0.3) is 0 Å². The Morgan fingerprint density at radius 3 is 2.59 bits per heavy atom. The second-order valence-electron chi connectivity index (χ2n) is 9.31. The number of rotatable bonds is 4. The zero-order chi connectivity index (χ0) is 26.2. The fraction of sp³-hybridized carbons (Fsp3) is 0.286. The lowest BCUT2D eigenvalue weighted by molar-refractivity contribution is -0.140. The lowest BCUT2D eigenvalue weighted by Gasteiger charge is -2.34. The van der Waals surface area contributed by atoms with E-state index in [1.54, 1.807) is 17.0 Å². The van der Waals surface area contributed by atoms with Crippen molar-refractivity contribution in [2.24, 2.45) is 5.92 Å². The van der Waals surface area contributed by atoms with Crippen molar-refractivity contribution in [2.75, 3.05) is 18.5 Å². The highest BCUT2D eigenvalue weighted by Gasteiger charge is 2.34. The van der Waals surface area contributed by atoms with Crippen LogP contribution in [0.2, 0.25) is 0 Å². The first-order valence-corrected chi connectivity index (χ1v) is 11.9. The molecule has 5 nitrogen and oxygen atoms in total. The van der Waals surface area contributed by atoms with Gasteiger partial charge in [-0.05, 0) is 59.4 Å². The summed E-state index contributed by atoms with van der Waals surface area (Å²) in [6.07, 6.45) is -3.90. The summed E-state index contributed by atoms with van der Waals surface area (Å²) in [5, 5.41) is 2.79. The molecule has 2 heterocycles. The van der Waals surface area contributed by atoms with E-state index in [0.29, 0.717) is 44.3 Å². The van der Waals surface area contributed by atoms with E-state index >= 15 is 0 Å². The molecule has 1 atom stereocenters. The molecule has 0 radical (unpaired) electrons. The number of hydrogen-bond acceptors (Lipinski definition) is 3. The molecule has 2 amide bonds. The van der Waals surface area contributed by atoms with Gasteiger partial charge in [0.15, 0.2) is 0 Å². The topological polar surface area (TPSA) is 58.6 Å². The molecule has 192 valence electrons. The number of carbonyl (C=O) groups excluding carboxylic acids is 2. The normalized spacial score (nSPS) is 16.9. The van der Waals surface area contributed by atoms with Crippen LogP contribution in [0, 0.1) is 11.7 Å². The van der Waals surface area contributed by atoms with Gasteiger partial charge >= 0.3 is 6.18 Å². The molecule has 5 rings (SSSR count). The van der Waals surface area contributed by atoms with E-state index in [1.165, 1.54) is 0 Å². The van der Waals surface area contributed by atoms with Crippen molar-refractivity contribution in [1.29, 1.82) is 0 Å². The highest BCUT2D eigenvalue weighted by molar-refractivity contribution is 5.93. The first-order chi connectivity index (χ1) is 17.7. The van der Waals surface area contributed by atoms with Gasteiger partial charge in [-0.2, -0.15) is 13.2 Å². The number of ether oxygens (including phenoxy) is 1. The van der Waals surface area contributed by atoms with Crippen molar-refractivity contribution in [3.63, 3.8) is 0 Å². The molecule has 0 saturated carbocycles. The minimum atomic E-state index is -4.79. The number of nitrogens with zero attached hydrogens (tertiary/aromatic N) is 1. The Morgan fingerprint density at radius 1 is 1.03 bits per heavy atom. The molecule has 0 fully saturated rings. The van der Waals surface area contributed by atoms with Gasteiger partial charge in [0.25, 0.3) is 0 Å². The maximum Gasteiger partial charge on any atom is 0.419 e. The molecular weight excluding hydrogens is 488 g/mol. The van der Waals surface area contributed by atoms with Crippen LogP contribution in [0.5, 0.6) is 5.75 Å². The average molecular weight is 513 g/mol. The number of halogens is 4. The first-order valence-electron chi connectivity index (χ1n) is 11.9. The highest BCUT2D eigenvalue weighted by atomic mass is 19.4. The molecule has 1 N–H and O–H groups in total. The maximum atomic E-state index is 13.9. The second-order valence-corrected chi connectivity index (χ2v) is 9.31. The SMILES string of the molecule is O=C(Cc1ccc(C(F)(F)F)c(F)c1)Nc1cccc2c1CCN(C(=O)C1COc3ccccc3C1)C2. The lowest BCUT2D eigenvalue weighted by atomic mass is 9.93. The van der Waals surface area contributed by atoms with Gasteiger partial charge in [-0.15, -0.1) is 0 Å². The Hall–Kier alpha value is -3.88. The quantitative estimate of drug-likeness (QED) is 0.492. The molecule has 2 aliphatic rings. The smallest absolute Gasteiger partial charge is 0.419 e. The third kappa shape index (κ3) is 5.30. The Kier molecular flexibility index (Phi) is 6.62. The number of para-hydroxylation sites is 1. The fourth-order valence-corrected chi connectivity index (χ4v) is 4.94. The van der Waals surface area contributed by atoms with Gasteiger partial charge in [-0.25, -0.2) is 4.39 Å². The third-order valence-electron chi connectivity index (χ3n) is 6.78. The number of nitrogens with one attached hydrogen (secondary N) is 1. The van der Waals surface area contributed by atoms with Crippen molar-refractivity contribution >= 4 is 17.5 Å². The summed E-state index contributed by atoms with van der Waals surface area (Å²) in [5.41, 5.74) is 2.19. The Labute approximate surface area is 211 Å². The standard InChI is InChI=1S/C28H24F4N2O3/c29-23-12-17(8-9-22(23)28(30,31)32)13-26(35)33-24-6-3-5-19-15-34(11-10-21(19)24)27(36)20-14-18-4-1-2-7-25(18)37-16-20/h1-9,12,20H,10-11,13-16H2,(H,33,35). The predicted octanol–water partition coefficient (Wildman–Crippen LogP) is 5.16. The van der Waals surface area contributed by atoms with Crippen molar-refractivity contribution < 1.29 is 31.9 Å². The number of alkyl halides is 3. The van der Waals surface area contributed by atoms with Crippen LogP contribution in [0.1, 0.15) is 27.8 Å². The van der Waals surface area contributed by atoms with E-state index in [2.05, 4.69) is 5.32 Å². The number of anilines is 1. The van der Waals surface area contributed by atoms with Gasteiger partial charge in [-0.1, -0.05) is 36.4 Å². The van der Waals surface area contributed by atoms with Crippen LogP contribution >= 0.6 is 0 Å². The molecule has 0 saturated heterocycles. The molecule has 2 aliphatic heterocycles. The van der Waals surface area contributed by atoms with Crippen LogP contribution in [-0.4, -0.2) is 29.9 Å². The molecule has 3 aromatic rings. The van der Waals surface area contributed by atoms with Gasteiger partial charge in [0.2, 0.25) is 11.8 Å². The number of amides is 2. The summed E-state index contributed by atoms with van der Waals surface area (Å²) < 4.78 is 58.0. The number of carbonyl (C=O) groups is 2. The minimum Gasteiger partial charge on any atom is -0.492 e. The van der Waals surface area contributed by atoms with E-state index in [1.807, 2.05) is 30.3 Å². The van der Waals surface area contributed by atoms with Gasteiger partial charge in [-0.3, -0.25) is 9.59 Å². The number of hydrogen-bond donors (Lipinski definition) is 1. The monoisotopic (exact) mass is 512 g/mol. The highest BCUT2D eigenvalue weighted by Crippen LogP contribution is 2.33. The zero-order valence-corrected chi connectivity index (χ0v) is 19.8. The van der Waals surface area contributed by atoms with Gasteiger partial charge in [0.1, 0.15) is 18.2 Å². The van der Waals surface area contributed by atoms with E-state index < -0.39 is 23.5 Å². The van der Waals surface area contributed by atoms with Crippen LogP contribution in [0.15, 0.2) is 60.7 Å². The molecule has 3 aromatic carbocycles. The Balaban J connectivity index is 1.24. The van der Waals surface area contributed by atoms with Crippen LogP contribution in [0.3, 0.4) is 0 Å². The largest absolute Gasteiger partial charge is 0.492 e. The minimum absolute atomic E-state index is 0.0268. The van der Waals surface area contributed by atoms with Crippen molar-refractivity contribution in [2.45, 2.75) is 32.0 Å². The molecule has 0 aliphatic carbocycles. The number of benzene rings is 3. The Morgan fingerprint density at radius 2 is 1.81 bits per heavy atom. The summed E-state index contributed by atoms with van der Waals surface area (Å²) in [6.45, 7) is 1.22. The Bertz CT molecular complexity index is 1360. The number of fused-ring (bicyclic) bond motifs is 2. The van der Waals surface area contributed by atoms with Crippen LogP contribution in [0.4, 0.5) is 23.2 Å². The van der Waals surface area contributed by atoms with Gasteiger partial charge in [0.05, 0.1) is 17.9 Å². The molecule has 0 spiro atoms. The van der Waals surface area contributed by atoms with Crippen LogP contribution in [-0.2, 0) is 41.6 Å². The third-order valence-corrected chi connectivity index (χ3v) is 6.78. The first kappa shape index (κ1) is 24.8. The zero-order valence-electron chi connectivity index (χ0n) is 19.8. The van der Waals surface area contributed by atoms with E-state index in [4.69, 9.17) is 4.74 Å². The average Bonchev–Trinajstić information content (AvgIpc) is 2.87. The fourth-order valence-electron chi connectivity index (χ4n) is 4.94. The second kappa shape index (κ2) is 9.88. The van der Waals surface area contributed by atoms with Crippen molar-refractivity contribution in [1.82, 2.24) is 4.90 Å². The molecular formula is C28H24F4N2O3. The summed E-state index contributed by atoms with van der Waals surface area (Å²) in [6, 6.07) is 15.6. The van der Waals surface area contributed by atoms with Crippen molar-refractivity contribution in [3.8, 4) is 5.75 Å². The molecule has 0 aromatic heterocycles. The lowest BCUT2D eigenvalue weighted by Crippen LogP contribution is -2.43. The van der Waals surface area contributed by atoms with E-state index in [0.717, 1.165) is 34.6 Å². The molecule has 37 heavy (non-hydrogen) atoms. The van der Waals surface area contributed by atoms with Crippen molar-refractivity contribution in [3.05, 3.63) is 94.3 Å². The molecule has 0 bridgehead atoms. The summed E-state index contributed by atoms with van der Waals surface area (Å²) in [5.74, 6) is -1.30. The summed E-state index contributed by atoms with van der Waals surface area (Å²) >= 11 is 0.